The van der Waals surface area contributed by atoms with Gasteiger partial charge in [-0.3, -0.25) is 14.4 Å². The van der Waals surface area contributed by atoms with E-state index in [0.717, 1.165) is 5.56 Å². The third kappa shape index (κ3) is 10.5. The fourth-order valence-corrected chi connectivity index (χ4v) is 3.63. The summed E-state index contributed by atoms with van der Waals surface area (Å²) in [5.41, 5.74) is 6.35. The number of aliphatic carboxylic acids is 1. The number of aliphatic hydroxyl groups is 1. The SMILES string of the molecule is CSCCC(NC(=O)C(CC(C)C)NC(=O)C(Cc1ccccc1)NC(=O)C(N)CO)C(=O)O. The van der Waals surface area contributed by atoms with Crippen LogP contribution in [0.25, 0.3) is 0 Å². The zero-order valence-electron chi connectivity index (χ0n) is 19.8. The van der Waals surface area contributed by atoms with E-state index < -0.39 is 54.5 Å². The number of nitrogens with two attached hydrogens (primary N) is 1. The summed E-state index contributed by atoms with van der Waals surface area (Å²) >= 11 is 1.47. The number of aliphatic hydroxyl groups excluding tert-OH is 1. The standard InChI is InChI=1S/C23H36N4O6S/c1-14(2)11-18(21(30)25-17(23(32)33)9-10-34-3)27-22(31)19(26-20(29)16(24)13-28)12-15-7-5-4-6-8-15/h4-8,14,16-19,28H,9-13,24H2,1-3H3,(H,25,30)(H,26,29)(H,27,31)(H,32,33). The highest BCUT2D eigenvalue weighted by atomic mass is 32.2. The fourth-order valence-electron chi connectivity index (χ4n) is 3.16. The molecule has 0 saturated heterocycles. The van der Waals surface area contributed by atoms with Gasteiger partial charge in [-0.2, -0.15) is 11.8 Å². The molecule has 3 amide bonds. The van der Waals surface area contributed by atoms with Gasteiger partial charge >= 0.3 is 5.97 Å². The van der Waals surface area contributed by atoms with Crippen molar-refractivity contribution in [3.8, 4) is 0 Å². The monoisotopic (exact) mass is 496 g/mol. The summed E-state index contributed by atoms with van der Waals surface area (Å²) < 4.78 is 0. The third-order valence-electron chi connectivity index (χ3n) is 5.01. The minimum absolute atomic E-state index is 0.0236. The number of amides is 3. The lowest BCUT2D eigenvalue weighted by atomic mass is 10.0. The lowest BCUT2D eigenvalue weighted by Gasteiger charge is -2.26. The quantitative estimate of drug-likeness (QED) is 0.195. The zero-order valence-corrected chi connectivity index (χ0v) is 20.6. The molecule has 7 N–H and O–H groups in total. The van der Waals surface area contributed by atoms with Gasteiger partial charge in [0, 0.05) is 6.42 Å². The molecule has 190 valence electrons. The van der Waals surface area contributed by atoms with Gasteiger partial charge in [-0.05, 0) is 36.3 Å². The Labute approximate surface area is 204 Å². The van der Waals surface area contributed by atoms with Gasteiger partial charge in [0.25, 0.3) is 0 Å². The Morgan fingerprint density at radius 3 is 2.03 bits per heavy atom. The van der Waals surface area contributed by atoms with Crippen LogP contribution in [0.5, 0.6) is 0 Å². The van der Waals surface area contributed by atoms with E-state index in [9.17, 15) is 24.3 Å². The van der Waals surface area contributed by atoms with Crippen LogP contribution < -0.4 is 21.7 Å². The third-order valence-corrected chi connectivity index (χ3v) is 5.66. The molecule has 0 heterocycles. The van der Waals surface area contributed by atoms with Gasteiger partial charge in [-0.15, -0.1) is 0 Å². The summed E-state index contributed by atoms with van der Waals surface area (Å²) in [6.07, 6.45) is 2.50. The summed E-state index contributed by atoms with van der Waals surface area (Å²) in [5, 5.41) is 26.3. The predicted octanol–water partition coefficient (Wildman–Crippen LogP) is -0.113. The number of rotatable bonds is 15. The summed E-state index contributed by atoms with van der Waals surface area (Å²) in [6, 6.07) is 4.66. The molecule has 0 bridgehead atoms. The maximum atomic E-state index is 13.2. The predicted molar refractivity (Wildman–Crippen MR) is 131 cm³/mol. The maximum Gasteiger partial charge on any atom is 0.326 e. The molecule has 0 aliphatic rings. The van der Waals surface area contributed by atoms with Gasteiger partial charge in [0.05, 0.1) is 6.61 Å². The van der Waals surface area contributed by atoms with Crippen molar-refractivity contribution in [3.63, 3.8) is 0 Å². The second kappa shape index (κ2) is 15.3. The molecule has 1 aromatic carbocycles. The Kier molecular flexibility index (Phi) is 13.2. The van der Waals surface area contributed by atoms with Gasteiger partial charge in [0.1, 0.15) is 24.2 Å². The van der Waals surface area contributed by atoms with Crippen LogP contribution in [0.3, 0.4) is 0 Å². The second-order valence-electron chi connectivity index (χ2n) is 8.41. The van der Waals surface area contributed by atoms with Crippen LogP contribution >= 0.6 is 11.8 Å². The highest BCUT2D eigenvalue weighted by molar-refractivity contribution is 7.98. The van der Waals surface area contributed by atoms with E-state index in [1.807, 2.05) is 26.2 Å². The zero-order chi connectivity index (χ0) is 25.7. The van der Waals surface area contributed by atoms with Crippen molar-refractivity contribution in [2.45, 2.75) is 57.3 Å². The van der Waals surface area contributed by atoms with E-state index in [4.69, 9.17) is 10.8 Å². The molecule has 1 aromatic rings. The van der Waals surface area contributed by atoms with Crippen molar-refractivity contribution in [1.29, 1.82) is 0 Å². The van der Waals surface area contributed by atoms with E-state index >= 15 is 0 Å². The number of nitrogens with one attached hydrogen (secondary N) is 3. The van der Waals surface area contributed by atoms with Crippen molar-refractivity contribution < 1.29 is 29.4 Å². The maximum absolute atomic E-state index is 13.2. The first-order chi connectivity index (χ1) is 16.1. The van der Waals surface area contributed by atoms with Crippen molar-refractivity contribution >= 4 is 35.5 Å². The molecule has 4 unspecified atom stereocenters. The number of hydrogen-bond donors (Lipinski definition) is 6. The van der Waals surface area contributed by atoms with E-state index in [1.54, 1.807) is 24.3 Å². The van der Waals surface area contributed by atoms with Crippen molar-refractivity contribution in [1.82, 2.24) is 16.0 Å². The number of carboxylic acid groups (broad SMARTS) is 1. The molecule has 10 nitrogen and oxygen atoms in total. The molecule has 0 fully saturated rings. The largest absolute Gasteiger partial charge is 0.480 e. The number of carbonyl (C=O) groups is 4. The van der Waals surface area contributed by atoms with Gasteiger partial charge in [-0.25, -0.2) is 4.79 Å². The molecule has 0 aromatic heterocycles. The summed E-state index contributed by atoms with van der Waals surface area (Å²) in [5.74, 6) is -2.49. The number of carboxylic acids is 1. The first kappa shape index (κ1) is 29.4. The molecular formula is C23H36N4O6S. The highest BCUT2D eigenvalue weighted by Crippen LogP contribution is 2.09. The van der Waals surface area contributed by atoms with Gasteiger partial charge in [-0.1, -0.05) is 44.2 Å². The summed E-state index contributed by atoms with van der Waals surface area (Å²) in [4.78, 5) is 49.9. The Balaban J connectivity index is 3.05. The molecule has 4 atom stereocenters. The first-order valence-electron chi connectivity index (χ1n) is 11.1. The first-order valence-corrected chi connectivity index (χ1v) is 12.5. The van der Waals surface area contributed by atoms with Gasteiger partial charge in [0.15, 0.2) is 0 Å². The molecule has 0 aliphatic heterocycles. The van der Waals surface area contributed by atoms with Gasteiger partial charge in [0.2, 0.25) is 17.7 Å². The second-order valence-corrected chi connectivity index (χ2v) is 9.40. The van der Waals surface area contributed by atoms with Crippen LogP contribution in [0.4, 0.5) is 0 Å². The van der Waals surface area contributed by atoms with Crippen LogP contribution in [0, 0.1) is 5.92 Å². The molecule has 34 heavy (non-hydrogen) atoms. The average Bonchev–Trinajstić information content (AvgIpc) is 2.80. The molecule has 1 rings (SSSR count). The summed E-state index contributed by atoms with van der Waals surface area (Å²) in [6.45, 7) is 3.16. The fraction of sp³-hybridized carbons (Fsp3) is 0.565. The van der Waals surface area contributed by atoms with Crippen LogP contribution in [-0.4, -0.2) is 76.7 Å². The number of hydrogen-bond acceptors (Lipinski definition) is 7. The Morgan fingerprint density at radius 2 is 1.50 bits per heavy atom. The molecule has 0 saturated carbocycles. The van der Waals surface area contributed by atoms with E-state index in [1.165, 1.54) is 11.8 Å². The van der Waals surface area contributed by atoms with E-state index in [0.29, 0.717) is 5.75 Å². The van der Waals surface area contributed by atoms with E-state index in [-0.39, 0.29) is 25.2 Å². The molecular weight excluding hydrogens is 460 g/mol. The topological polar surface area (TPSA) is 171 Å². The molecule has 11 heteroatoms. The molecule has 0 spiro atoms. The van der Waals surface area contributed by atoms with Crippen molar-refractivity contribution in [3.05, 3.63) is 35.9 Å². The number of carbonyl (C=O) groups excluding carboxylic acids is 3. The number of thioether (sulfide) groups is 1. The lowest BCUT2D eigenvalue weighted by Crippen LogP contribution is -2.58. The minimum atomic E-state index is -1.20. The van der Waals surface area contributed by atoms with Gasteiger partial charge < -0.3 is 31.9 Å². The average molecular weight is 497 g/mol. The van der Waals surface area contributed by atoms with E-state index in [2.05, 4.69) is 16.0 Å². The highest BCUT2D eigenvalue weighted by Gasteiger charge is 2.30. The molecule has 0 aliphatic carbocycles. The number of benzene rings is 1. The molecule has 0 radical (unpaired) electrons. The van der Waals surface area contributed by atoms with Crippen LogP contribution in [-0.2, 0) is 25.6 Å². The Hall–Kier alpha value is -2.63. The minimum Gasteiger partial charge on any atom is -0.480 e. The van der Waals surface area contributed by atoms with Crippen LogP contribution in [0.2, 0.25) is 0 Å². The van der Waals surface area contributed by atoms with Crippen molar-refractivity contribution in [2.24, 2.45) is 11.7 Å². The Morgan fingerprint density at radius 1 is 0.941 bits per heavy atom. The van der Waals surface area contributed by atoms with Crippen LogP contribution in [0.1, 0.15) is 32.3 Å². The van der Waals surface area contributed by atoms with Crippen molar-refractivity contribution in [2.75, 3.05) is 18.6 Å². The van der Waals surface area contributed by atoms with Crippen LogP contribution in [0.15, 0.2) is 30.3 Å². The summed E-state index contributed by atoms with van der Waals surface area (Å²) in [7, 11) is 0. The lowest BCUT2D eigenvalue weighted by molar-refractivity contribution is -0.142. The smallest absolute Gasteiger partial charge is 0.326 e. The Bertz CT molecular complexity index is 808. The normalized spacial score (nSPS) is 14.5.